The van der Waals surface area contributed by atoms with Gasteiger partial charge in [-0.3, -0.25) is 9.35 Å². The minimum atomic E-state index is -4.46. The molecule has 0 saturated heterocycles. The molecule has 0 aliphatic rings. The van der Waals surface area contributed by atoms with Crippen molar-refractivity contribution < 1.29 is 27.3 Å². The van der Waals surface area contributed by atoms with Crippen molar-refractivity contribution in [2.75, 3.05) is 12.4 Å². The number of esters is 1. The van der Waals surface area contributed by atoms with Crippen molar-refractivity contribution >= 4 is 32.8 Å². The Morgan fingerprint density at radius 1 is 1.16 bits per heavy atom. The molecule has 2 rings (SSSR count). The fourth-order valence-corrected chi connectivity index (χ4v) is 3.13. The maximum atomic E-state index is 12.3. The summed E-state index contributed by atoms with van der Waals surface area (Å²) in [5, 5.41) is 4.18. The van der Waals surface area contributed by atoms with E-state index in [1.807, 2.05) is 36.4 Å². The van der Waals surface area contributed by atoms with Gasteiger partial charge >= 0.3 is 5.97 Å². The Hall–Kier alpha value is -2.45. The number of carbonyl (C=O) groups excluding carboxylic acids is 2. The van der Waals surface area contributed by atoms with Crippen LogP contribution in [0, 0.1) is 0 Å². The summed E-state index contributed by atoms with van der Waals surface area (Å²) in [5.74, 6) is -2.39. The van der Waals surface area contributed by atoms with Gasteiger partial charge in [0.1, 0.15) is 11.8 Å². The molecule has 2 aromatic carbocycles. The molecule has 0 aromatic heterocycles. The highest BCUT2D eigenvalue weighted by atomic mass is 32.2. The Morgan fingerprint density at radius 3 is 2.52 bits per heavy atom. The highest BCUT2D eigenvalue weighted by molar-refractivity contribution is 7.85. The number of rotatable bonds is 7. The molecule has 2 aromatic rings. The van der Waals surface area contributed by atoms with E-state index in [1.165, 1.54) is 0 Å². The van der Waals surface area contributed by atoms with Crippen LogP contribution in [0.5, 0.6) is 0 Å². The van der Waals surface area contributed by atoms with Crippen molar-refractivity contribution in [1.29, 1.82) is 0 Å². The predicted molar refractivity (Wildman–Crippen MR) is 92.6 cm³/mol. The lowest BCUT2D eigenvalue weighted by Gasteiger charge is -2.16. The van der Waals surface area contributed by atoms with Gasteiger partial charge in [-0.15, -0.1) is 0 Å². The van der Waals surface area contributed by atoms with Crippen LogP contribution in [0.4, 0.5) is 0 Å². The van der Waals surface area contributed by atoms with Crippen molar-refractivity contribution in [1.82, 2.24) is 5.32 Å². The van der Waals surface area contributed by atoms with Crippen molar-refractivity contribution in [3.8, 4) is 0 Å². The van der Waals surface area contributed by atoms with E-state index in [4.69, 9.17) is 9.29 Å². The first-order valence-electron chi connectivity index (χ1n) is 7.68. The normalized spacial score (nSPS) is 12.6. The summed E-state index contributed by atoms with van der Waals surface area (Å²) in [6, 6.07) is 11.6. The van der Waals surface area contributed by atoms with Crippen molar-refractivity contribution in [2.45, 2.75) is 19.4 Å². The van der Waals surface area contributed by atoms with Gasteiger partial charge in [0.2, 0.25) is 5.91 Å². The molecule has 0 fully saturated rings. The SMILES string of the molecule is CCOC(=O)[C@H](CS(=O)(=O)O)NC(=O)Cc1cccc2ccccc12. The zero-order valence-corrected chi connectivity index (χ0v) is 14.5. The summed E-state index contributed by atoms with van der Waals surface area (Å²) in [7, 11) is -4.46. The average Bonchev–Trinajstić information content (AvgIpc) is 2.53. The number of carbonyl (C=O) groups is 2. The minimum Gasteiger partial charge on any atom is -0.464 e. The predicted octanol–water partition coefficient (Wildman–Crippen LogP) is 1.32. The number of nitrogens with one attached hydrogen (secondary N) is 1. The fraction of sp³-hybridized carbons (Fsp3) is 0.294. The fourth-order valence-electron chi connectivity index (χ4n) is 2.49. The van der Waals surface area contributed by atoms with E-state index in [0.717, 1.165) is 16.3 Å². The third-order valence-electron chi connectivity index (χ3n) is 3.51. The molecule has 0 unspecified atom stereocenters. The van der Waals surface area contributed by atoms with Crippen LogP contribution in [0.15, 0.2) is 42.5 Å². The first kappa shape index (κ1) is 18.9. The molecule has 0 heterocycles. The topological polar surface area (TPSA) is 110 Å². The van der Waals surface area contributed by atoms with Crippen LogP contribution in [0.2, 0.25) is 0 Å². The Kier molecular flexibility index (Phi) is 6.11. The molecule has 134 valence electrons. The first-order valence-corrected chi connectivity index (χ1v) is 9.29. The van der Waals surface area contributed by atoms with Crippen LogP contribution in [0.25, 0.3) is 10.8 Å². The van der Waals surface area contributed by atoms with Gasteiger partial charge in [0, 0.05) is 0 Å². The number of hydrogen-bond donors (Lipinski definition) is 2. The smallest absolute Gasteiger partial charge is 0.329 e. The van der Waals surface area contributed by atoms with Gasteiger partial charge in [-0.25, -0.2) is 4.79 Å². The number of benzene rings is 2. The lowest BCUT2D eigenvalue weighted by atomic mass is 10.0. The molecule has 0 bridgehead atoms. The van der Waals surface area contributed by atoms with Gasteiger partial charge in [-0.2, -0.15) is 8.42 Å². The Labute approximate surface area is 145 Å². The van der Waals surface area contributed by atoms with E-state index in [9.17, 15) is 18.0 Å². The molecule has 0 spiro atoms. The molecule has 25 heavy (non-hydrogen) atoms. The zero-order valence-electron chi connectivity index (χ0n) is 13.6. The Balaban J connectivity index is 2.16. The van der Waals surface area contributed by atoms with Crippen molar-refractivity contribution in [2.24, 2.45) is 0 Å². The maximum absolute atomic E-state index is 12.3. The molecule has 1 atom stereocenters. The van der Waals surface area contributed by atoms with Crippen LogP contribution in [0.3, 0.4) is 0 Å². The van der Waals surface area contributed by atoms with Gasteiger partial charge in [0.25, 0.3) is 10.1 Å². The van der Waals surface area contributed by atoms with Crippen LogP contribution < -0.4 is 5.32 Å². The second-order valence-corrected chi connectivity index (χ2v) is 6.93. The molecule has 0 saturated carbocycles. The number of ether oxygens (including phenoxy) is 1. The van der Waals surface area contributed by atoms with E-state index in [2.05, 4.69) is 5.32 Å². The van der Waals surface area contributed by atoms with E-state index in [-0.39, 0.29) is 13.0 Å². The summed E-state index contributed by atoms with van der Waals surface area (Å²) < 4.78 is 35.8. The lowest BCUT2D eigenvalue weighted by molar-refractivity contribution is -0.146. The Morgan fingerprint density at radius 2 is 1.84 bits per heavy atom. The molecule has 2 N–H and O–H groups in total. The highest BCUT2D eigenvalue weighted by Crippen LogP contribution is 2.18. The maximum Gasteiger partial charge on any atom is 0.329 e. The number of fused-ring (bicyclic) bond motifs is 1. The number of amides is 1. The molecule has 0 aliphatic carbocycles. The highest BCUT2D eigenvalue weighted by Gasteiger charge is 2.27. The van der Waals surface area contributed by atoms with Gasteiger partial charge in [0.15, 0.2) is 0 Å². The summed E-state index contributed by atoms with van der Waals surface area (Å²) in [4.78, 5) is 24.1. The van der Waals surface area contributed by atoms with Gasteiger partial charge in [-0.1, -0.05) is 42.5 Å². The van der Waals surface area contributed by atoms with Crippen molar-refractivity contribution in [3.63, 3.8) is 0 Å². The standard InChI is InChI=1S/C17H19NO6S/c1-2-24-17(20)15(11-25(21,22)23)18-16(19)10-13-8-5-7-12-6-3-4-9-14(12)13/h3-9,15H,2,10-11H2,1H3,(H,18,19)(H,21,22,23)/t15-/m0/s1. The third-order valence-corrected chi connectivity index (χ3v) is 4.27. The molecule has 0 aliphatic heterocycles. The quantitative estimate of drug-likeness (QED) is 0.566. The molecule has 1 amide bonds. The van der Waals surface area contributed by atoms with E-state index < -0.39 is 33.8 Å². The second-order valence-electron chi connectivity index (χ2n) is 5.44. The van der Waals surface area contributed by atoms with Crippen LogP contribution in [0.1, 0.15) is 12.5 Å². The molecule has 8 heteroatoms. The van der Waals surface area contributed by atoms with Crippen LogP contribution >= 0.6 is 0 Å². The van der Waals surface area contributed by atoms with E-state index >= 15 is 0 Å². The summed E-state index contributed by atoms with van der Waals surface area (Å²) in [6.45, 7) is 1.58. The van der Waals surface area contributed by atoms with Gasteiger partial charge in [-0.05, 0) is 23.3 Å². The molecular formula is C17H19NO6S. The second kappa shape index (κ2) is 8.09. The van der Waals surface area contributed by atoms with Crippen molar-refractivity contribution in [3.05, 3.63) is 48.0 Å². The third kappa shape index (κ3) is 5.54. The average molecular weight is 365 g/mol. The van der Waals surface area contributed by atoms with Gasteiger partial charge in [0.05, 0.1) is 13.0 Å². The lowest BCUT2D eigenvalue weighted by Crippen LogP contribution is -2.46. The van der Waals surface area contributed by atoms with Gasteiger partial charge < -0.3 is 10.1 Å². The van der Waals surface area contributed by atoms with Crippen LogP contribution in [-0.2, 0) is 30.9 Å². The molecule has 7 nitrogen and oxygen atoms in total. The largest absolute Gasteiger partial charge is 0.464 e. The minimum absolute atomic E-state index is 0.0278. The van der Waals surface area contributed by atoms with E-state index in [0.29, 0.717) is 0 Å². The summed E-state index contributed by atoms with van der Waals surface area (Å²) in [5.41, 5.74) is 0.741. The Bertz CT molecular complexity index is 872. The van der Waals surface area contributed by atoms with E-state index in [1.54, 1.807) is 13.0 Å². The zero-order chi connectivity index (χ0) is 18.4. The first-order chi connectivity index (χ1) is 11.8. The number of hydrogen-bond acceptors (Lipinski definition) is 5. The summed E-state index contributed by atoms with van der Waals surface area (Å²) >= 11 is 0. The summed E-state index contributed by atoms with van der Waals surface area (Å²) in [6.07, 6.45) is -0.0390. The molecular weight excluding hydrogens is 346 g/mol. The molecule has 0 radical (unpaired) electrons. The van der Waals surface area contributed by atoms with Crippen LogP contribution in [-0.4, -0.2) is 43.2 Å². The monoisotopic (exact) mass is 365 g/mol.